The molecule has 0 aromatic carbocycles. The van der Waals surface area contributed by atoms with Crippen LogP contribution >= 0.6 is 22.6 Å². The van der Waals surface area contributed by atoms with E-state index in [1.54, 1.807) is 6.07 Å². The Hall–Kier alpha value is -0.970. The van der Waals surface area contributed by atoms with Gasteiger partial charge in [0.15, 0.2) is 0 Å². The Morgan fingerprint density at radius 1 is 1.64 bits per heavy atom. The third kappa shape index (κ3) is 2.09. The molecule has 0 fully saturated rings. The minimum atomic E-state index is -2.76. The van der Waals surface area contributed by atoms with Crippen LogP contribution in [-0.2, 0) is 0 Å². The molecule has 1 aromatic rings. The predicted octanol–water partition coefficient (Wildman–Crippen LogP) is 2.50. The van der Waals surface area contributed by atoms with Gasteiger partial charge in [-0.1, -0.05) is 0 Å². The van der Waals surface area contributed by atoms with Gasteiger partial charge in [0.25, 0.3) is 6.43 Å². The minimum absolute atomic E-state index is 0.101. The molecular weight excluding hydrogens is 305 g/mol. The molecule has 1 aromatic heterocycles. The summed E-state index contributed by atoms with van der Waals surface area (Å²) < 4.78 is 30.2. The van der Waals surface area contributed by atoms with E-state index < -0.39 is 12.0 Å². The monoisotopic (exact) mass is 310 g/mol. The van der Waals surface area contributed by atoms with Crippen LogP contribution in [0.3, 0.4) is 0 Å². The summed E-state index contributed by atoms with van der Waals surface area (Å²) in [5, 5.41) is 8.64. The quantitative estimate of drug-likeness (QED) is 0.623. The van der Waals surface area contributed by atoms with Crippen molar-refractivity contribution in [2.24, 2.45) is 0 Å². The molecule has 3 nitrogen and oxygen atoms in total. The number of pyridine rings is 1. The highest BCUT2D eigenvalue weighted by Gasteiger charge is 2.21. The number of hydrogen-bond donors (Lipinski definition) is 0. The Morgan fingerprint density at radius 2 is 2.29 bits per heavy atom. The zero-order valence-electron chi connectivity index (χ0n) is 7.09. The van der Waals surface area contributed by atoms with Gasteiger partial charge in [0.05, 0.1) is 24.3 Å². The van der Waals surface area contributed by atoms with Crippen molar-refractivity contribution < 1.29 is 13.5 Å². The molecule has 1 heterocycles. The maximum absolute atomic E-state index is 12.5. The first-order chi connectivity index (χ1) is 6.60. The molecule has 0 saturated heterocycles. The molecule has 14 heavy (non-hydrogen) atoms. The van der Waals surface area contributed by atoms with Crippen molar-refractivity contribution in [3.05, 3.63) is 20.9 Å². The van der Waals surface area contributed by atoms with Crippen LogP contribution in [0.4, 0.5) is 8.78 Å². The number of ether oxygens (including phenoxy) is 1. The van der Waals surface area contributed by atoms with Crippen LogP contribution in [0.5, 0.6) is 5.88 Å². The maximum atomic E-state index is 12.5. The highest BCUT2D eigenvalue weighted by molar-refractivity contribution is 14.1. The number of alkyl halides is 2. The van der Waals surface area contributed by atoms with Crippen LogP contribution in [0.1, 0.15) is 17.6 Å². The lowest BCUT2D eigenvalue weighted by Gasteiger charge is -2.08. The number of rotatable bonds is 2. The zero-order valence-corrected chi connectivity index (χ0v) is 9.25. The predicted molar refractivity (Wildman–Crippen MR) is 53.2 cm³/mol. The van der Waals surface area contributed by atoms with Crippen molar-refractivity contribution >= 4 is 22.6 Å². The second-order valence-corrected chi connectivity index (χ2v) is 3.43. The Labute approximate surface area is 92.8 Å². The van der Waals surface area contributed by atoms with E-state index in [0.717, 1.165) is 0 Å². The number of nitrogens with zero attached hydrogens (tertiary/aromatic N) is 2. The van der Waals surface area contributed by atoms with E-state index in [1.807, 2.05) is 22.6 Å². The van der Waals surface area contributed by atoms with Gasteiger partial charge in [-0.3, -0.25) is 0 Å². The first-order valence-electron chi connectivity index (χ1n) is 3.52. The van der Waals surface area contributed by atoms with E-state index in [1.165, 1.54) is 13.2 Å². The first kappa shape index (κ1) is 11.1. The molecule has 0 atom stereocenters. The lowest BCUT2D eigenvalue weighted by atomic mass is 10.1. The molecule has 0 amide bonds. The highest BCUT2D eigenvalue weighted by atomic mass is 127. The molecule has 0 saturated carbocycles. The fourth-order valence-electron chi connectivity index (χ4n) is 0.961. The Kier molecular flexibility index (Phi) is 3.57. The molecule has 6 heteroatoms. The lowest BCUT2D eigenvalue weighted by Crippen LogP contribution is -2.00. The van der Waals surface area contributed by atoms with Gasteiger partial charge in [-0.25, -0.2) is 13.8 Å². The third-order valence-corrected chi connectivity index (χ3v) is 2.08. The fourth-order valence-corrected chi connectivity index (χ4v) is 1.49. The molecule has 0 bridgehead atoms. The van der Waals surface area contributed by atoms with Crippen molar-refractivity contribution in [2.75, 3.05) is 7.11 Å². The molecule has 0 aliphatic carbocycles. The standard InChI is InChI=1S/C8H5F2IN2O/c1-14-8-6(7(9)10)4(3-12)2-5(11)13-8/h2,7H,1H3. The molecule has 0 aliphatic heterocycles. The van der Waals surface area contributed by atoms with E-state index in [2.05, 4.69) is 9.72 Å². The number of hydrogen-bond acceptors (Lipinski definition) is 3. The van der Waals surface area contributed by atoms with E-state index in [9.17, 15) is 8.78 Å². The second-order valence-electron chi connectivity index (χ2n) is 2.33. The summed E-state index contributed by atoms with van der Waals surface area (Å²) in [6.07, 6.45) is -2.76. The lowest BCUT2D eigenvalue weighted by molar-refractivity contribution is 0.145. The van der Waals surface area contributed by atoms with Crippen LogP contribution in [0, 0.1) is 15.0 Å². The van der Waals surface area contributed by atoms with Crippen molar-refractivity contribution in [1.82, 2.24) is 4.98 Å². The molecule has 0 unspecified atom stereocenters. The van der Waals surface area contributed by atoms with E-state index in [-0.39, 0.29) is 11.4 Å². The summed E-state index contributed by atoms with van der Waals surface area (Å²) in [5.74, 6) is -0.191. The van der Waals surface area contributed by atoms with Gasteiger partial charge in [-0.05, 0) is 28.7 Å². The summed E-state index contributed by atoms with van der Waals surface area (Å²) in [5.41, 5.74) is -0.549. The van der Waals surface area contributed by atoms with Crippen molar-refractivity contribution in [2.45, 2.75) is 6.43 Å². The average Bonchev–Trinajstić information content (AvgIpc) is 2.15. The summed E-state index contributed by atoms with van der Waals surface area (Å²) in [7, 11) is 1.24. The average molecular weight is 310 g/mol. The van der Waals surface area contributed by atoms with Crippen molar-refractivity contribution in [3.8, 4) is 11.9 Å². The Bertz CT molecular complexity index is 390. The Morgan fingerprint density at radius 3 is 2.71 bits per heavy atom. The Balaban J connectivity index is 3.42. The molecular formula is C8H5F2IN2O. The summed E-state index contributed by atoms with van der Waals surface area (Å²) in [6, 6.07) is 2.98. The van der Waals surface area contributed by atoms with Gasteiger partial charge < -0.3 is 4.74 Å². The molecule has 0 radical (unpaired) electrons. The zero-order chi connectivity index (χ0) is 10.7. The maximum Gasteiger partial charge on any atom is 0.270 e. The van der Waals surface area contributed by atoms with Crippen LogP contribution < -0.4 is 4.74 Å². The highest BCUT2D eigenvalue weighted by Crippen LogP contribution is 2.31. The molecule has 0 N–H and O–H groups in total. The van der Waals surface area contributed by atoms with E-state index >= 15 is 0 Å². The van der Waals surface area contributed by atoms with Gasteiger partial charge >= 0.3 is 0 Å². The number of methoxy groups -OCH3 is 1. The van der Waals surface area contributed by atoms with Gasteiger partial charge in [-0.2, -0.15) is 5.26 Å². The fraction of sp³-hybridized carbons (Fsp3) is 0.250. The first-order valence-corrected chi connectivity index (χ1v) is 4.60. The van der Waals surface area contributed by atoms with Crippen LogP contribution in [0.25, 0.3) is 0 Å². The summed E-state index contributed by atoms with van der Waals surface area (Å²) in [4.78, 5) is 3.75. The topological polar surface area (TPSA) is 45.9 Å². The van der Waals surface area contributed by atoms with Crippen molar-refractivity contribution in [1.29, 1.82) is 5.26 Å². The smallest absolute Gasteiger partial charge is 0.270 e. The van der Waals surface area contributed by atoms with Crippen LogP contribution in [0.15, 0.2) is 6.07 Å². The number of aromatic nitrogens is 1. The summed E-state index contributed by atoms with van der Waals surface area (Å²) in [6.45, 7) is 0. The van der Waals surface area contributed by atoms with Crippen LogP contribution in [0.2, 0.25) is 0 Å². The van der Waals surface area contributed by atoms with Gasteiger partial charge in [0.1, 0.15) is 3.70 Å². The van der Waals surface area contributed by atoms with E-state index in [0.29, 0.717) is 3.70 Å². The van der Waals surface area contributed by atoms with Gasteiger partial charge in [0.2, 0.25) is 5.88 Å². The van der Waals surface area contributed by atoms with Crippen LogP contribution in [-0.4, -0.2) is 12.1 Å². The van der Waals surface area contributed by atoms with Gasteiger partial charge in [-0.15, -0.1) is 0 Å². The van der Waals surface area contributed by atoms with Gasteiger partial charge in [0, 0.05) is 0 Å². The molecule has 74 valence electrons. The summed E-state index contributed by atoms with van der Waals surface area (Å²) >= 11 is 1.83. The van der Waals surface area contributed by atoms with Crippen molar-refractivity contribution in [3.63, 3.8) is 0 Å². The molecule has 0 aliphatic rings. The third-order valence-electron chi connectivity index (χ3n) is 1.52. The normalized spacial score (nSPS) is 10.0. The number of halogens is 3. The van der Waals surface area contributed by atoms with E-state index in [4.69, 9.17) is 5.26 Å². The number of nitriles is 1. The molecule has 0 spiro atoms. The largest absolute Gasteiger partial charge is 0.481 e. The SMILES string of the molecule is COc1nc(I)cc(C#N)c1C(F)F. The molecule has 1 rings (SSSR count). The minimum Gasteiger partial charge on any atom is -0.481 e. The second kappa shape index (κ2) is 4.50.